The SMILES string of the molecule is O=C(NC1CCCN(c2cc(-c3ccc(Cl)cc3)[nH]n2)C1)c1ccccc1F. The Bertz CT molecular complexity index is 973. The van der Waals surface area contributed by atoms with Crippen LogP contribution in [0, 0.1) is 5.82 Å². The van der Waals surface area contributed by atoms with Gasteiger partial charge in [0.15, 0.2) is 5.82 Å². The lowest BCUT2D eigenvalue weighted by atomic mass is 10.0. The van der Waals surface area contributed by atoms with Gasteiger partial charge in [0, 0.05) is 30.2 Å². The molecular formula is C21H20ClFN4O. The average molecular weight is 399 g/mol. The predicted molar refractivity (Wildman–Crippen MR) is 108 cm³/mol. The number of aromatic nitrogens is 2. The Morgan fingerprint density at radius 3 is 2.79 bits per heavy atom. The molecule has 0 spiro atoms. The number of rotatable bonds is 4. The summed E-state index contributed by atoms with van der Waals surface area (Å²) in [5.74, 6) is -0.0591. The summed E-state index contributed by atoms with van der Waals surface area (Å²) in [6.07, 6.45) is 1.77. The number of benzene rings is 2. The highest BCUT2D eigenvalue weighted by molar-refractivity contribution is 6.30. The first-order valence-corrected chi connectivity index (χ1v) is 9.59. The van der Waals surface area contributed by atoms with Crippen molar-refractivity contribution in [2.24, 2.45) is 0 Å². The van der Waals surface area contributed by atoms with E-state index in [4.69, 9.17) is 11.6 Å². The van der Waals surface area contributed by atoms with Gasteiger partial charge in [0.1, 0.15) is 5.82 Å². The van der Waals surface area contributed by atoms with Gasteiger partial charge in [0.05, 0.1) is 11.3 Å². The minimum absolute atomic E-state index is 0.0588. The van der Waals surface area contributed by atoms with E-state index in [-0.39, 0.29) is 17.5 Å². The number of H-pyrrole nitrogens is 1. The fourth-order valence-corrected chi connectivity index (χ4v) is 3.59. The zero-order valence-corrected chi connectivity index (χ0v) is 15.9. The van der Waals surface area contributed by atoms with Crippen LogP contribution >= 0.6 is 11.6 Å². The van der Waals surface area contributed by atoms with Gasteiger partial charge in [-0.05, 0) is 42.7 Å². The number of nitrogens with one attached hydrogen (secondary N) is 2. The molecule has 144 valence electrons. The van der Waals surface area contributed by atoms with Crippen LogP contribution in [-0.4, -0.2) is 35.2 Å². The molecule has 1 aliphatic heterocycles. The molecule has 1 amide bonds. The minimum atomic E-state index is -0.507. The van der Waals surface area contributed by atoms with Crippen molar-refractivity contribution in [3.8, 4) is 11.3 Å². The van der Waals surface area contributed by atoms with Crippen LogP contribution < -0.4 is 10.2 Å². The van der Waals surface area contributed by atoms with E-state index in [1.54, 1.807) is 12.1 Å². The number of aromatic amines is 1. The number of anilines is 1. The zero-order chi connectivity index (χ0) is 19.5. The largest absolute Gasteiger partial charge is 0.353 e. The van der Waals surface area contributed by atoms with Crippen molar-refractivity contribution in [1.29, 1.82) is 0 Å². The van der Waals surface area contributed by atoms with E-state index in [0.717, 1.165) is 36.5 Å². The molecular weight excluding hydrogens is 379 g/mol. The van der Waals surface area contributed by atoms with Crippen molar-refractivity contribution < 1.29 is 9.18 Å². The third-order valence-electron chi connectivity index (χ3n) is 4.92. The monoisotopic (exact) mass is 398 g/mol. The number of amides is 1. The molecule has 2 aromatic carbocycles. The van der Waals surface area contributed by atoms with E-state index in [1.807, 2.05) is 30.3 Å². The van der Waals surface area contributed by atoms with Crippen LogP contribution in [0.3, 0.4) is 0 Å². The maximum absolute atomic E-state index is 13.8. The first-order chi connectivity index (χ1) is 13.6. The highest BCUT2D eigenvalue weighted by Crippen LogP contribution is 2.25. The Balaban J connectivity index is 1.43. The lowest BCUT2D eigenvalue weighted by Gasteiger charge is -2.33. The van der Waals surface area contributed by atoms with Crippen LogP contribution in [0.5, 0.6) is 0 Å². The summed E-state index contributed by atoms with van der Waals surface area (Å²) in [6.45, 7) is 1.49. The number of hydrogen-bond donors (Lipinski definition) is 2. The van der Waals surface area contributed by atoms with Crippen molar-refractivity contribution in [3.63, 3.8) is 0 Å². The van der Waals surface area contributed by atoms with Crippen LogP contribution in [0.15, 0.2) is 54.6 Å². The quantitative estimate of drug-likeness (QED) is 0.690. The maximum Gasteiger partial charge on any atom is 0.254 e. The number of carbonyl (C=O) groups is 1. The molecule has 0 bridgehead atoms. The van der Waals surface area contributed by atoms with Crippen LogP contribution in [0.2, 0.25) is 5.02 Å². The molecule has 0 aliphatic carbocycles. The van der Waals surface area contributed by atoms with E-state index >= 15 is 0 Å². The second-order valence-corrected chi connectivity index (χ2v) is 7.32. The molecule has 0 radical (unpaired) electrons. The maximum atomic E-state index is 13.8. The van der Waals surface area contributed by atoms with E-state index < -0.39 is 5.82 Å². The smallest absolute Gasteiger partial charge is 0.254 e. The van der Waals surface area contributed by atoms with Crippen LogP contribution in [0.25, 0.3) is 11.3 Å². The first-order valence-electron chi connectivity index (χ1n) is 9.22. The summed E-state index contributed by atoms with van der Waals surface area (Å²) in [6, 6.07) is 15.5. The minimum Gasteiger partial charge on any atom is -0.353 e. The van der Waals surface area contributed by atoms with Gasteiger partial charge in [-0.2, -0.15) is 5.10 Å². The Morgan fingerprint density at radius 2 is 2.00 bits per heavy atom. The highest BCUT2D eigenvalue weighted by Gasteiger charge is 2.24. The van der Waals surface area contributed by atoms with Gasteiger partial charge < -0.3 is 10.2 Å². The summed E-state index contributed by atoms with van der Waals surface area (Å²) in [7, 11) is 0. The molecule has 2 N–H and O–H groups in total. The molecule has 1 atom stereocenters. The molecule has 1 aliphatic rings. The average Bonchev–Trinajstić information content (AvgIpc) is 3.19. The number of hydrogen-bond acceptors (Lipinski definition) is 3. The van der Waals surface area contributed by atoms with Crippen molar-refractivity contribution in [2.45, 2.75) is 18.9 Å². The number of halogens is 2. The molecule has 1 unspecified atom stereocenters. The van der Waals surface area contributed by atoms with E-state index in [0.29, 0.717) is 11.6 Å². The number of piperidine rings is 1. The van der Waals surface area contributed by atoms with E-state index in [1.165, 1.54) is 12.1 Å². The third-order valence-corrected chi connectivity index (χ3v) is 5.17. The summed E-state index contributed by atoms with van der Waals surface area (Å²) in [4.78, 5) is 14.5. The van der Waals surface area contributed by atoms with Gasteiger partial charge in [-0.25, -0.2) is 4.39 Å². The van der Waals surface area contributed by atoms with Gasteiger partial charge >= 0.3 is 0 Å². The Hall–Kier alpha value is -2.86. The van der Waals surface area contributed by atoms with Gasteiger partial charge in [-0.1, -0.05) is 35.9 Å². The zero-order valence-electron chi connectivity index (χ0n) is 15.2. The highest BCUT2D eigenvalue weighted by atomic mass is 35.5. The van der Waals surface area contributed by atoms with Crippen molar-refractivity contribution in [2.75, 3.05) is 18.0 Å². The molecule has 28 heavy (non-hydrogen) atoms. The molecule has 4 rings (SSSR count). The Labute approximate surface area is 167 Å². The van der Waals surface area contributed by atoms with E-state index in [2.05, 4.69) is 20.4 Å². The second-order valence-electron chi connectivity index (χ2n) is 6.89. The number of carbonyl (C=O) groups excluding carboxylic acids is 1. The normalized spacial score (nSPS) is 16.8. The molecule has 1 saturated heterocycles. The molecule has 1 aromatic heterocycles. The van der Waals surface area contributed by atoms with Crippen molar-refractivity contribution in [3.05, 3.63) is 71.0 Å². The fraction of sp³-hybridized carbons (Fsp3) is 0.238. The molecule has 3 aromatic rings. The van der Waals surface area contributed by atoms with Gasteiger partial charge in [0.2, 0.25) is 0 Å². The fourth-order valence-electron chi connectivity index (χ4n) is 3.46. The van der Waals surface area contributed by atoms with Crippen LogP contribution in [-0.2, 0) is 0 Å². The molecule has 5 nitrogen and oxygen atoms in total. The Kier molecular flexibility index (Phi) is 5.30. The van der Waals surface area contributed by atoms with Gasteiger partial charge in [-0.3, -0.25) is 9.89 Å². The van der Waals surface area contributed by atoms with E-state index in [9.17, 15) is 9.18 Å². The Morgan fingerprint density at radius 1 is 1.21 bits per heavy atom. The van der Waals surface area contributed by atoms with Crippen molar-refractivity contribution in [1.82, 2.24) is 15.5 Å². The number of nitrogens with zero attached hydrogens (tertiary/aromatic N) is 2. The topological polar surface area (TPSA) is 61.0 Å². The summed E-state index contributed by atoms with van der Waals surface area (Å²) < 4.78 is 13.8. The van der Waals surface area contributed by atoms with Crippen LogP contribution in [0.4, 0.5) is 10.2 Å². The lowest BCUT2D eigenvalue weighted by Crippen LogP contribution is -2.48. The predicted octanol–water partition coefficient (Wildman–Crippen LogP) is 4.27. The summed E-state index contributed by atoms with van der Waals surface area (Å²) in [5.41, 5.74) is 1.98. The van der Waals surface area contributed by atoms with Crippen LogP contribution in [0.1, 0.15) is 23.2 Å². The molecule has 1 fully saturated rings. The molecule has 2 heterocycles. The third kappa shape index (κ3) is 4.02. The van der Waals surface area contributed by atoms with Gasteiger partial charge in [0.25, 0.3) is 5.91 Å². The lowest BCUT2D eigenvalue weighted by molar-refractivity contribution is 0.0929. The molecule has 7 heteroatoms. The first kappa shape index (κ1) is 18.5. The van der Waals surface area contributed by atoms with Gasteiger partial charge in [-0.15, -0.1) is 0 Å². The summed E-state index contributed by atoms with van der Waals surface area (Å²) in [5, 5.41) is 11.1. The van der Waals surface area contributed by atoms with Crippen molar-refractivity contribution >= 4 is 23.3 Å². The standard InChI is InChI=1S/C21H20ClFN4O/c22-15-9-7-14(8-10-15)19-12-20(26-25-19)27-11-3-4-16(13-27)24-21(28)17-5-1-2-6-18(17)23/h1-2,5-10,12,16H,3-4,11,13H2,(H,24,28)(H,25,26). The second kappa shape index (κ2) is 8.02. The summed E-state index contributed by atoms with van der Waals surface area (Å²) >= 11 is 5.95. The molecule has 0 saturated carbocycles.